The number of nitrogens with zero attached hydrogens (tertiary/aromatic N) is 2. The van der Waals surface area contributed by atoms with Crippen molar-refractivity contribution in [1.82, 2.24) is 9.97 Å². The molecule has 0 aliphatic carbocycles. The minimum atomic E-state index is -0.234. The molecule has 0 saturated carbocycles. The molecule has 3 rings (SSSR count). The molecular weight excluding hydrogens is 327 g/mol. The number of hydrogen-bond acceptors (Lipinski definition) is 4. The highest BCUT2D eigenvalue weighted by Crippen LogP contribution is 2.12. The van der Waals surface area contributed by atoms with Crippen LogP contribution in [0.4, 0.5) is 16.2 Å². The molecule has 5 heteroatoms. The van der Waals surface area contributed by atoms with E-state index < -0.39 is 0 Å². The molecule has 1 heterocycles. The second-order valence-corrected chi connectivity index (χ2v) is 6.21. The zero-order valence-corrected chi connectivity index (χ0v) is 14.9. The molecule has 0 aliphatic rings. The van der Waals surface area contributed by atoms with Gasteiger partial charge in [0, 0.05) is 24.8 Å². The average Bonchev–Trinajstić information content (AvgIpc) is 2.65. The second kappa shape index (κ2) is 8.94. The number of anilines is 2. The fourth-order valence-corrected chi connectivity index (χ4v) is 2.68. The van der Waals surface area contributed by atoms with Crippen molar-refractivity contribution < 1.29 is 4.39 Å². The van der Waals surface area contributed by atoms with E-state index in [-0.39, 0.29) is 5.82 Å². The van der Waals surface area contributed by atoms with E-state index in [4.69, 9.17) is 0 Å². The van der Waals surface area contributed by atoms with Crippen LogP contribution >= 0.6 is 0 Å². The molecule has 0 aliphatic heterocycles. The monoisotopic (exact) mass is 350 g/mol. The third-order valence-corrected chi connectivity index (χ3v) is 4.01. The molecule has 3 aromatic rings. The van der Waals surface area contributed by atoms with Gasteiger partial charge < -0.3 is 10.6 Å². The molecule has 26 heavy (non-hydrogen) atoms. The van der Waals surface area contributed by atoms with Crippen molar-refractivity contribution >= 4 is 11.8 Å². The van der Waals surface area contributed by atoms with E-state index >= 15 is 0 Å². The lowest BCUT2D eigenvalue weighted by Crippen LogP contribution is -2.09. The lowest BCUT2D eigenvalue weighted by atomic mass is 10.1. The second-order valence-electron chi connectivity index (χ2n) is 6.21. The summed E-state index contributed by atoms with van der Waals surface area (Å²) in [5.41, 5.74) is 3.22. The maximum Gasteiger partial charge on any atom is 0.225 e. The van der Waals surface area contributed by atoms with Crippen LogP contribution in [0.5, 0.6) is 0 Å². The van der Waals surface area contributed by atoms with Crippen LogP contribution in [-0.2, 0) is 13.0 Å². The zero-order chi connectivity index (χ0) is 18.2. The van der Waals surface area contributed by atoms with Gasteiger partial charge in [-0.1, -0.05) is 42.5 Å². The van der Waals surface area contributed by atoms with E-state index in [9.17, 15) is 4.39 Å². The molecule has 0 bridgehead atoms. The smallest absolute Gasteiger partial charge is 0.225 e. The molecule has 0 spiro atoms. The molecule has 2 aromatic carbocycles. The Balaban J connectivity index is 1.51. The molecule has 0 amide bonds. The van der Waals surface area contributed by atoms with Crippen LogP contribution in [0, 0.1) is 12.7 Å². The summed E-state index contributed by atoms with van der Waals surface area (Å²) in [6, 6.07) is 18.8. The van der Waals surface area contributed by atoms with Gasteiger partial charge in [-0.25, -0.2) is 9.37 Å². The topological polar surface area (TPSA) is 49.8 Å². The van der Waals surface area contributed by atoms with Crippen LogP contribution in [0.1, 0.15) is 23.2 Å². The Morgan fingerprint density at radius 3 is 2.42 bits per heavy atom. The van der Waals surface area contributed by atoms with Crippen molar-refractivity contribution in [2.45, 2.75) is 26.3 Å². The van der Waals surface area contributed by atoms with Gasteiger partial charge in [0.2, 0.25) is 5.95 Å². The lowest BCUT2D eigenvalue weighted by molar-refractivity contribution is 0.627. The molecular formula is C21H23FN4. The van der Waals surface area contributed by atoms with Gasteiger partial charge in [0.15, 0.2) is 0 Å². The summed E-state index contributed by atoms with van der Waals surface area (Å²) in [6.45, 7) is 3.35. The van der Waals surface area contributed by atoms with Crippen molar-refractivity contribution in [3.8, 4) is 0 Å². The molecule has 2 N–H and O–H groups in total. The van der Waals surface area contributed by atoms with E-state index in [1.807, 2.05) is 19.1 Å². The van der Waals surface area contributed by atoms with Gasteiger partial charge in [-0.3, -0.25) is 0 Å². The van der Waals surface area contributed by atoms with Crippen LogP contribution in [0.3, 0.4) is 0 Å². The summed E-state index contributed by atoms with van der Waals surface area (Å²) in [4.78, 5) is 8.91. The van der Waals surface area contributed by atoms with Gasteiger partial charge in [0.1, 0.15) is 11.6 Å². The Hall–Kier alpha value is -2.95. The molecule has 0 fully saturated rings. The quantitative estimate of drug-likeness (QED) is 0.584. The highest BCUT2D eigenvalue weighted by Gasteiger charge is 2.03. The number of hydrogen-bond donors (Lipinski definition) is 2. The number of nitrogens with one attached hydrogen (secondary N) is 2. The van der Waals surface area contributed by atoms with Gasteiger partial charge in [0.25, 0.3) is 0 Å². The first-order valence-electron chi connectivity index (χ1n) is 8.81. The van der Waals surface area contributed by atoms with Gasteiger partial charge in [-0.05, 0) is 43.0 Å². The Morgan fingerprint density at radius 2 is 1.65 bits per heavy atom. The zero-order valence-electron chi connectivity index (χ0n) is 14.9. The van der Waals surface area contributed by atoms with Crippen LogP contribution in [-0.4, -0.2) is 16.5 Å². The molecule has 0 saturated heterocycles. The van der Waals surface area contributed by atoms with E-state index in [2.05, 4.69) is 44.9 Å². The van der Waals surface area contributed by atoms with Crippen LogP contribution in [0.25, 0.3) is 0 Å². The fourth-order valence-electron chi connectivity index (χ4n) is 2.68. The van der Waals surface area contributed by atoms with Gasteiger partial charge >= 0.3 is 0 Å². The predicted octanol–water partition coefficient (Wildman–Crippen LogP) is 4.58. The van der Waals surface area contributed by atoms with Crippen LogP contribution in [0.15, 0.2) is 60.7 Å². The molecule has 0 atom stereocenters. The number of benzene rings is 2. The molecule has 4 nitrogen and oxygen atoms in total. The number of aryl methyl sites for hydroxylation is 2. The first-order valence-corrected chi connectivity index (χ1v) is 8.81. The maximum absolute atomic E-state index is 13.0. The molecule has 0 unspecified atom stereocenters. The van der Waals surface area contributed by atoms with Crippen LogP contribution in [0.2, 0.25) is 0 Å². The van der Waals surface area contributed by atoms with Crippen molar-refractivity contribution in [3.05, 3.63) is 83.3 Å². The SMILES string of the molecule is Cc1cc(NCCCc2ccccc2)nc(NCc2ccc(F)cc2)n1. The summed E-state index contributed by atoms with van der Waals surface area (Å²) in [5.74, 6) is 1.15. The molecule has 1 aromatic heterocycles. The van der Waals surface area contributed by atoms with Crippen LogP contribution < -0.4 is 10.6 Å². The van der Waals surface area contributed by atoms with E-state index in [1.165, 1.54) is 17.7 Å². The fraction of sp³-hybridized carbons (Fsp3) is 0.238. The third-order valence-electron chi connectivity index (χ3n) is 4.01. The summed E-state index contributed by atoms with van der Waals surface area (Å²) < 4.78 is 13.0. The Morgan fingerprint density at radius 1 is 0.885 bits per heavy atom. The summed E-state index contributed by atoms with van der Waals surface area (Å²) in [6.07, 6.45) is 2.07. The minimum absolute atomic E-state index is 0.234. The van der Waals surface area contributed by atoms with Crippen molar-refractivity contribution in [1.29, 1.82) is 0 Å². The number of aromatic nitrogens is 2. The predicted molar refractivity (Wildman–Crippen MR) is 104 cm³/mol. The summed E-state index contributed by atoms with van der Waals surface area (Å²) in [5, 5.41) is 6.55. The standard InChI is InChI=1S/C21H23FN4/c1-16-14-20(23-13-5-8-17-6-3-2-4-7-17)26-21(25-16)24-15-18-9-11-19(22)12-10-18/h2-4,6-7,9-12,14H,5,8,13,15H2,1H3,(H2,23,24,25,26). The summed E-state index contributed by atoms with van der Waals surface area (Å²) >= 11 is 0. The first kappa shape index (κ1) is 17.9. The minimum Gasteiger partial charge on any atom is -0.370 e. The largest absolute Gasteiger partial charge is 0.370 e. The van der Waals surface area contributed by atoms with Crippen molar-refractivity contribution in [2.24, 2.45) is 0 Å². The summed E-state index contributed by atoms with van der Waals surface area (Å²) in [7, 11) is 0. The van der Waals surface area contributed by atoms with Crippen molar-refractivity contribution in [2.75, 3.05) is 17.2 Å². The van der Waals surface area contributed by atoms with Gasteiger partial charge in [-0.15, -0.1) is 0 Å². The first-order chi connectivity index (χ1) is 12.7. The molecule has 0 radical (unpaired) electrons. The van der Waals surface area contributed by atoms with Crippen molar-refractivity contribution in [3.63, 3.8) is 0 Å². The molecule has 134 valence electrons. The van der Waals surface area contributed by atoms with E-state index in [0.717, 1.165) is 36.5 Å². The lowest BCUT2D eigenvalue weighted by Gasteiger charge is -2.10. The van der Waals surface area contributed by atoms with E-state index in [1.54, 1.807) is 12.1 Å². The van der Waals surface area contributed by atoms with E-state index in [0.29, 0.717) is 12.5 Å². The highest BCUT2D eigenvalue weighted by atomic mass is 19.1. The Kier molecular flexibility index (Phi) is 6.14. The Labute approximate surface area is 153 Å². The number of rotatable bonds is 8. The van der Waals surface area contributed by atoms with Gasteiger partial charge in [-0.2, -0.15) is 4.98 Å². The maximum atomic E-state index is 13.0. The highest BCUT2D eigenvalue weighted by molar-refractivity contribution is 5.42. The number of halogens is 1. The third kappa shape index (κ3) is 5.55. The average molecular weight is 350 g/mol. The Bertz CT molecular complexity index is 819. The normalized spacial score (nSPS) is 10.5. The van der Waals surface area contributed by atoms with Gasteiger partial charge in [0.05, 0.1) is 0 Å².